The third-order valence-electron chi connectivity index (χ3n) is 5.41. The van der Waals surface area contributed by atoms with Gasteiger partial charge in [-0.3, -0.25) is 4.90 Å². The van der Waals surface area contributed by atoms with Gasteiger partial charge in [0.1, 0.15) is 0 Å². The monoisotopic (exact) mass is 258 g/mol. The van der Waals surface area contributed by atoms with Crippen LogP contribution >= 0.6 is 0 Å². The highest BCUT2D eigenvalue weighted by Gasteiger charge is 2.42. The van der Waals surface area contributed by atoms with E-state index in [9.17, 15) is 0 Å². The van der Waals surface area contributed by atoms with Crippen LogP contribution in [0.15, 0.2) is 24.3 Å². The summed E-state index contributed by atoms with van der Waals surface area (Å²) in [5, 5.41) is 0. The Balaban J connectivity index is 1.81. The van der Waals surface area contributed by atoms with Crippen molar-refractivity contribution in [2.24, 2.45) is 5.73 Å². The number of likely N-dealkylation sites (N-methyl/N-ethyl adjacent to an activating group) is 1. The second-order valence-corrected chi connectivity index (χ2v) is 6.45. The molecule has 0 radical (unpaired) electrons. The number of fused-ring (bicyclic) bond motifs is 1. The molecule has 1 saturated carbocycles. The Labute approximate surface area is 117 Å². The van der Waals surface area contributed by atoms with Gasteiger partial charge in [0.2, 0.25) is 0 Å². The molecule has 0 saturated heterocycles. The second-order valence-electron chi connectivity index (χ2n) is 6.45. The van der Waals surface area contributed by atoms with Gasteiger partial charge in [-0.1, -0.05) is 43.5 Å². The summed E-state index contributed by atoms with van der Waals surface area (Å²) in [4.78, 5) is 2.63. The van der Waals surface area contributed by atoms with Crippen LogP contribution in [0.4, 0.5) is 0 Å². The number of benzene rings is 1. The van der Waals surface area contributed by atoms with E-state index in [0.717, 1.165) is 25.4 Å². The molecule has 0 bridgehead atoms. The maximum atomic E-state index is 6.21. The van der Waals surface area contributed by atoms with Crippen LogP contribution in [0.25, 0.3) is 0 Å². The standard InChI is InChI=1S/C17H26N2/c1-19(16-9-3-2-4-10-16)17(13-18)11-14-7-5-6-8-15(14)12-17/h5-8,16H,2-4,9-13,18H2,1H3. The van der Waals surface area contributed by atoms with Crippen LogP contribution in [0.1, 0.15) is 43.2 Å². The molecule has 1 aromatic rings. The van der Waals surface area contributed by atoms with Gasteiger partial charge in [0, 0.05) is 18.1 Å². The van der Waals surface area contributed by atoms with E-state index in [0.29, 0.717) is 0 Å². The van der Waals surface area contributed by atoms with Crippen LogP contribution in [0.5, 0.6) is 0 Å². The minimum atomic E-state index is 0.172. The lowest BCUT2D eigenvalue weighted by Gasteiger charge is -2.44. The molecule has 2 heteroatoms. The first kappa shape index (κ1) is 13.1. The van der Waals surface area contributed by atoms with Crippen LogP contribution in [0, 0.1) is 0 Å². The van der Waals surface area contributed by atoms with E-state index in [1.54, 1.807) is 0 Å². The predicted molar refractivity (Wildman–Crippen MR) is 80.3 cm³/mol. The molecule has 0 atom stereocenters. The van der Waals surface area contributed by atoms with Crippen molar-refractivity contribution >= 4 is 0 Å². The van der Waals surface area contributed by atoms with Crippen LogP contribution in [0.3, 0.4) is 0 Å². The van der Waals surface area contributed by atoms with Crippen LogP contribution in [-0.4, -0.2) is 30.1 Å². The molecule has 19 heavy (non-hydrogen) atoms. The molecule has 1 fully saturated rings. The summed E-state index contributed by atoms with van der Waals surface area (Å²) in [5.74, 6) is 0. The molecule has 2 N–H and O–H groups in total. The average molecular weight is 258 g/mol. The third kappa shape index (κ3) is 2.32. The minimum Gasteiger partial charge on any atom is -0.329 e. The van der Waals surface area contributed by atoms with Crippen LogP contribution in [-0.2, 0) is 12.8 Å². The van der Waals surface area contributed by atoms with E-state index < -0.39 is 0 Å². The first-order valence-corrected chi connectivity index (χ1v) is 7.75. The molecule has 0 aliphatic heterocycles. The largest absolute Gasteiger partial charge is 0.329 e. The van der Waals surface area contributed by atoms with Crippen molar-refractivity contribution in [3.8, 4) is 0 Å². The Morgan fingerprint density at radius 2 is 1.68 bits per heavy atom. The first-order chi connectivity index (χ1) is 9.25. The number of rotatable bonds is 3. The zero-order chi connectivity index (χ0) is 13.3. The van der Waals surface area contributed by atoms with E-state index in [4.69, 9.17) is 5.73 Å². The maximum Gasteiger partial charge on any atom is 0.0412 e. The Hall–Kier alpha value is -0.860. The topological polar surface area (TPSA) is 29.3 Å². The third-order valence-corrected chi connectivity index (χ3v) is 5.41. The molecule has 0 aromatic heterocycles. The van der Waals surface area contributed by atoms with Gasteiger partial charge in [-0.25, -0.2) is 0 Å². The fourth-order valence-corrected chi connectivity index (χ4v) is 4.07. The molecule has 0 unspecified atom stereocenters. The van der Waals surface area contributed by atoms with Crippen molar-refractivity contribution < 1.29 is 0 Å². The second kappa shape index (κ2) is 5.26. The number of nitrogens with two attached hydrogens (primary N) is 1. The molecular formula is C17H26N2. The molecular weight excluding hydrogens is 232 g/mol. The average Bonchev–Trinajstić information content (AvgIpc) is 2.87. The molecule has 3 rings (SSSR count). The van der Waals surface area contributed by atoms with Crippen molar-refractivity contribution in [3.63, 3.8) is 0 Å². The smallest absolute Gasteiger partial charge is 0.0412 e. The molecule has 2 aliphatic rings. The molecule has 0 amide bonds. The van der Waals surface area contributed by atoms with Crippen molar-refractivity contribution in [1.82, 2.24) is 4.90 Å². The summed E-state index contributed by atoms with van der Waals surface area (Å²) >= 11 is 0. The van der Waals surface area contributed by atoms with Gasteiger partial charge < -0.3 is 5.73 Å². The zero-order valence-corrected chi connectivity index (χ0v) is 12.1. The molecule has 0 heterocycles. The maximum absolute atomic E-state index is 6.21. The van der Waals surface area contributed by atoms with E-state index in [1.165, 1.54) is 43.2 Å². The zero-order valence-electron chi connectivity index (χ0n) is 12.1. The Bertz CT molecular complexity index is 410. The molecule has 2 aliphatic carbocycles. The van der Waals surface area contributed by atoms with Gasteiger partial charge in [0.15, 0.2) is 0 Å². The fraction of sp³-hybridized carbons (Fsp3) is 0.647. The highest BCUT2D eigenvalue weighted by Crippen LogP contribution is 2.36. The fourth-order valence-electron chi connectivity index (χ4n) is 4.07. The van der Waals surface area contributed by atoms with Crippen molar-refractivity contribution in [3.05, 3.63) is 35.4 Å². The summed E-state index contributed by atoms with van der Waals surface area (Å²) < 4.78 is 0. The van der Waals surface area contributed by atoms with E-state index in [2.05, 4.69) is 36.2 Å². The first-order valence-electron chi connectivity index (χ1n) is 7.75. The summed E-state index contributed by atoms with van der Waals surface area (Å²) in [5.41, 5.74) is 9.41. The lowest BCUT2D eigenvalue weighted by molar-refractivity contribution is 0.0643. The molecule has 104 valence electrons. The molecule has 1 aromatic carbocycles. The van der Waals surface area contributed by atoms with Gasteiger partial charge in [-0.15, -0.1) is 0 Å². The quantitative estimate of drug-likeness (QED) is 0.903. The van der Waals surface area contributed by atoms with Gasteiger partial charge in [0.25, 0.3) is 0 Å². The summed E-state index contributed by atoms with van der Waals surface area (Å²) in [6.45, 7) is 0.773. The lowest BCUT2D eigenvalue weighted by Crippen LogP contribution is -2.57. The summed E-state index contributed by atoms with van der Waals surface area (Å²) in [6.07, 6.45) is 9.17. The SMILES string of the molecule is CN(C1CCCCC1)C1(CN)Cc2ccccc2C1. The Morgan fingerprint density at radius 1 is 1.11 bits per heavy atom. The van der Waals surface area contributed by atoms with Crippen LogP contribution in [0.2, 0.25) is 0 Å². The van der Waals surface area contributed by atoms with Gasteiger partial charge in [0.05, 0.1) is 0 Å². The lowest BCUT2D eigenvalue weighted by atomic mass is 9.87. The van der Waals surface area contributed by atoms with Crippen molar-refractivity contribution in [1.29, 1.82) is 0 Å². The van der Waals surface area contributed by atoms with Crippen molar-refractivity contribution in [2.45, 2.75) is 56.5 Å². The Morgan fingerprint density at radius 3 is 2.21 bits per heavy atom. The highest BCUT2D eigenvalue weighted by molar-refractivity contribution is 5.36. The van der Waals surface area contributed by atoms with E-state index in [-0.39, 0.29) is 5.54 Å². The van der Waals surface area contributed by atoms with E-state index in [1.807, 2.05) is 0 Å². The molecule has 2 nitrogen and oxygen atoms in total. The summed E-state index contributed by atoms with van der Waals surface area (Å²) in [7, 11) is 2.31. The number of hydrogen-bond donors (Lipinski definition) is 1. The van der Waals surface area contributed by atoms with Gasteiger partial charge in [-0.2, -0.15) is 0 Å². The normalized spacial score (nSPS) is 22.7. The highest BCUT2D eigenvalue weighted by atomic mass is 15.2. The van der Waals surface area contributed by atoms with Gasteiger partial charge >= 0.3 is 0 Å². The minimum absolute atomic E-state index is 0.172. The molecule has 0 spiro atoms. The number of hydrogen-bond acceptors (Lipinski definition) is 2. The summed E-state index contributed by atoms with van der Waals surface area (Å²) in [6, 6.07) is 9.62. The van der Waals surface area contributed by atoms with Crippen LogP contribution < -0.4 is 5.73 Å². The van der Waals surface area contributed by atoms with Gasteiger partial charge in [-0.05, 0) is 43.9 Å². The number of nitrogens with zero attached hydrogens (tertiary/aromatic N) is 1. The van der Waals surface area contributed by atoms with E-state index >= 15 is 0 Å². The Kier molecular flexibility index (Phi) is 3.64. The predicted octanol–water partition coefficient (Wildman–Crippen LogP) is 2.75. The van der Waals surface area contributed by atoms with Crippen molar-refractivity contribution in [2.75, 3.05) is 13.6 Å².